The second kappa shape index (κ2) is 6.00. The Bertz CT molecular complexity index is 297. The van der Waals surface area contributed by atoms with Crippen molar-refractivity contribution in [3.63, 3.8) is 0 Å². The maximum atomic E-state index is 4.05. The molecule has 2 nitrogen and oxygen atoms in total. The summed E-state index contributed by atoms with van der Waals surface area (Å²) in [6.07, 6.45) is 9.10. The van der Waals surface area contributed by atoms with Gasteiger partial charge in [0, 0.05) is 25.5 Å². The van der Waals surface area contributed by atoms with Crippen molar-refractivity contribution in [3.05, 3.63) is 30.1 Å². The number of piperidine rings is 1. The second-order valence-electron chi connectivity index (χ2n) is 4.82. The summed E-state index contributed by atoms with van der Waals surface area (Å²) in [6.45, 7) is 6.13. The largest absolute Gasteiger partial charge is 0.303 e. The smallest absolute Gasteiger partial charge is 0.0270 e. The van der Waals surface area contributed by atoms with Gasteiger partial charge in [0.25, 0.3) is 0 Å². The average molecular weight is 218 g/mol. The van der Waals surface area contributed by atoms with Gasteiger partial charge in [0.2, 0.25) is 0 Å². The Morgan fingerprint density at radius 1 is 1.38 bits per heavy atom. The number of pyridine rings is 1. The number of rotatable bonds is 4. The van der Waals surface area contributed by atoms with Crippen LogP contribution in [0.25, 0.3) is 0 Å². The molecule has 1 aromatic rings. The minimum absolute atomic E-state index is 0.936. The van der Waals surface area contributed by atoms with Crippen molar-refractivity contribution in [2.45, 2.75) is 32.6 Å². The van der Waals surface area contributed by atoms with E-state index in [1.807, 2.05) is 12.4 Å². The first-order valence-corrected chi connectivity index (χ1v) is 6.49. The van der Waals surface area contributed by atoms with Gasteiger partial charge in [0.15, 0.2) is 0 Å². The van der Waals surface area contributed by atoms with Crippen LogP contribution in [0.3, 0.4) is 0 Å². The maximum Gasteiger partial charge on any atom is 0.0270 e. The Morgan fingerprint density at radius 2 is 2.19 bits per heavy atom. The zero-order valence-corrected chi connectivity index (χ0v) is 10.2. The van der Waals surface area contributed by atoms with E-state index in [-0.39, 0.29) is 0 Å². The lowest BCUT2D eigenvalue weighted by molar-refractivity contribution is 0.173. The molecule has 0 radical (unpaired) electrons. The van der Waals surface area contributed by atoms with Gasteiger partial charge in [-0.1, -0.05) is 13.3 Å². The Labute approximate surface area is 98.7 Å². The molecule has 0 aliphatic carbocycles. The van der Waals surface area contributed by atoms with E-state index in [1.165, 1.54) is 50.9 Å². The normalized spacial score (nSPS) is 22.2. The fourth-order valence-electron chi connectivity index (χ4n) is 2.52. The summed E-state index contributed by atoms with van der Waals surface area (Å²) in [7, 11) is 0. The molecule has 0 unspecified atom stereocenters. The van der Waals surface area contributed by atoms with E-state index < -0.39 is 0 Å². The molecule has 0 amide bonds. The summed E-state index contributed by atoms with van der Waals surface area (Å²) >= 11 is 0. The Morgan fingerprint density at radius 3 is 2.94 bits per heavy atom. The monoisotopic (exact) mass is 218 g/mol. The SMILES string of the molecule is CC[C@@H]1CCCN(CCc2ccncc2)C1. The highest BCUT2D eigenvalue weighted by atomic mass is 15.1. The molecule has 0 saturated carbocycles. The molecule has 0 aromatic carbocycles. The third-order valence-electron chi connectivity index (χ3n) is 3.65. The third-order valence-corrected chi connectivity index (χ3v) is 3.65. The number of hydrogen-bond acceptors (Lipinski definition) is 2. The molecule has 2 heterocycles. The molecule has 1 aliphatic rings. The number of aromatic nitrogens is 1. The van der Waals surface area contributed by atoms with E-state index >= 15 is 0 Å². The highest BCUT2D eigenvalue weighted by Gasteiger charge is 2.17. The highest BCUT2D eigenvalue weighted by Crippen LogP contribution is 2.19. The van der Waals surface area contributed by atoms with Crippen LogP contribution in [0.15, 0.2) is 24.5 Å². The molecule has 0 bridgehead atoms. The van der Waals surface area contributed by atoms with E-state index in [0.717, 1.165) is 5.92 Å². The van der Waals surface area contributed by atoms with Crippen LogP contribution in [0, 0.1) is 5.92 Å². The zero-order valence-electron chi connectivity index (χ0n) is 10.2. The minimum Gasteiger partial charge on any atom is -0.303 e. The van der Waals surface area contributed by atoms with Crippen LogP contribution in [0.4, 0.5) is 0 Å². The fourth-order valence-corrected chi connectivity index (χ4v) is 2.52. The zero-order chi connectivity index (χ0) is 11.2. The molecular formula is C14H22N2. The van der Waals surface area contributed by atoms with Crippen LogP contribution in [0.1, 0.15) is 31.7 Å². The molecule has 1 aromatic heterocycles. The van der Waals surface area contributed by atoms with Crippen molar-refractivity contribution < 1.29 is 0 Å². The van der Waals surface area contributed by atoms with Gasteiger partial charge in [-0.15, -0.1) is 0 Å². The molecule has 2 rings (SSSR count). The van der Waals surface area contributed by atoms with Crippen molar-refractivity contribution in [3.8, 4) is 0 Å². The van der Waals surface area contributed by atoms with Crippen molar-refractivity contribution in [1.82, 2.24) is 9.88 Å². The summed E-state index contributed by atoms with van der Waals surface area (Å²) in [5.41, 5.74) is 1.41. The second-order valence-corrected chi connectivity index (χ2v) is 4.82. The predicted molar refractivity (Wildman–Crippen MR) is 67.4 cm³/mol. The van der Waals surface area contributed by atoms with Gasteiger partial charge in [-0.2, -0.15) is 0 Å². The first-order valence-electron chi connectivity index (χ1n) is 6.49. The minimum atomic E-state index is 0.936. The van der Waals surface area contributed by atoms with Crippen LogP contribution in [-0.4, -0.2) is 29.5 Å². The summed E-state index contributed by atoms with van der Waals surface area (Å²) in [5, 5.41) is 0. The van der Waals surface area contributed by atoms with Gasteiger partial charge in [0.05, 0.1) is 0 Å². The Hall–Kier alpha value is -0.890. The van der Waals surface area contributed by atoms with E-state index in [1.54, 1.807) is 0 Å². The van der Waals surface area contributed by atoms with Gasteiger partial charge >= 0.3 is 0 Å². The summed E-state index contributed by atoms with van der Waals surface area (Å²) in [4.78, 5) is 6.67. The number of nitrogens with zero attached hydrogens (tertiary/aromatic N) is 2. The molecule has 16 heavy (non-hydrogen) atoms. The standard InChI is InChI=1S/C14H22N2/c1-2-13-4-3-10-16(12-13)11-7-14-5-8-15-9-6-14/h5-6,8-9,13H,2-4,7,10-12H2,1H3/t13-/m1/s1. The van der Waals surface area contributed by atoms with E-state index in [0.29, 0.717) is 0 Å². The topological polar surface area (TPSA) is 16.1 Å². The average Bonchev–Trinajstić information content (AvgIpc) is 2.38. The van der Waals surface area contributed by atoms with E-state index in [2.05, 4.69) is 28.9 Å². The van der Waals surface area contributed by atoms with Crippen molar-refractivity contribution >= 4 is 0 Å². The molecule has 1 aliphatic heterocycles. The van der Waals surface area contributed by atoms with Crippen LogP contribution in [-0.2, 0) is 6.42 Å². The lowest BCUT2D eigenvalue weighted by Crippen LogP contribution is -2.36. The fraction of sp³-hybridized carbons (Fsp3) is 0.643. The first-order chi connectivity index (χ1) is 7.88. The summed E-state index contributed by atoms with van der Waals surface area (Å²) < 4.78 is 0. The molecule has 0 N–H and O–H groups in total. The Kier molecular flexibility index (Phi) is 4.34. The summed E-state index contributed by atoms with van der Waals surface area (Å²) in [5.74, 6) is 0.936. The summed E-state index contributed by atoms with van der Waals surface area (Å²) in [6, 6.07) is 4.25. The maximum absolute atomic E-state index is 4.05. The van der Waals surface area contributed by atoms with Crippen LogP contribution in [0.5, 0.6) is 0 Å². The van der Waals surface area contributed by atoms with Gasteiger partial charge in [-0.25, -0.2) is 0 Å². The van der Waals surface area contributed by atoms with Gasteiger partial charge in [0.1, 0.15) is 0 Å². The van der Waals surface area contributed by atoms with Crippen molar-refractivity contribution in [2.75, 3.05) is 19.6 Å². The van der Waals surface area contributed by atoms with Gasteiger partial charge < -0.3 is 4.90 Å². The van der Waals surface area contributed by atoms with Crippen LogP contribution in [0.2, 0.25) is 0 Å². The quantitative estimate of drug-likeness (QED) is 0.772. The number of hydrogen-bond donors (Lipinski definition) is 0. The molecule has 1 fully saturated rings. The van der Waals surface area contributed by atoms with E-state index in [9.17, 15) is 0 Å². The third kappa shape index (κ3) is 3.31. The highest BCUT2D eigenvalue weighted by molar-refractivity contribution is 5.09. The molecular weight excluding hydrogens is 196 g/mol. The lowest BCUT2D eigenvalue weighted by atomic mass is 9.95. The van der Waals surface area contributed by atoms with E-state index in [4.69, 9.17) is 0 Å². The van der Waals surface area contributed by atoms with Crippen LogP contribution >= 0.6 is 0 Å². The molecule has 88 valence electrons. The Balaban J connectivity index is 1.77. The molecule has 0 spiro atoms. The number of likely N-dealkylation sites (tertiary alicyclic amines) is 1. The molecule has 1 atom stereocenters. The van der Waals surface area contributed by atoms with Crippen LogP contribution < -0.4 is 0 Å². The molecule has 2 heteroatoms. The van der Waals surface area contributed by atoms with Gasteiger partial charge in [-0.3, -0.25) is 4.98 Å². The van der Waals surface area contributed by atoms with Crippen molar-refractivity contribution in [2.24, 2.45) is 5.92 Å². The van der Waals surface area contributed by atoms with Crippen molar-refractivity contribution in [1.29, 1.82) is 0 Å². The lowest BCUT2D eigenvalue weighted by Gasteiger charge is -2.32. The van der Waals surface area contributed by atoms with Gasteiger partial charge in [-0.05, 0) is 49.4 Å². The molecule has 1 saturated heterocycles. The first kappa shape index (κ1) is 11.6. The predicted octanol–water partition coefficient (Wildman–Crippen LogP) is 2.75.